The first-order valence-electron chi connectivity index (χ1n) is 8.76. The number of halogens is 13. The first-order valence-corrected chi connectivity index (χ1v) is 8.76. The van der Waals surface area contributed by atoms with Crippen LogP contribution in [-0.4, -0.2) is 84.7 Å². The number of hydrogen-bond donors (Lipinski definition) is 0. The lowest BCUT2D eigenvalue weighted by Crippen LogP contribution is -2.70. The van der Waals surface area contributed by atoms with Gasteiger partial charge in [0.25, 0.3) is 0 Å². The second-order valence-corrected chi connectivity index (χ2v) is 7.62. The van der Waals surface area contributed by atoms with Crippen LogP contribution >= 0.6 is 0 Å². The maximum Gasteiger partial charge on any atom is 0.460 e. The maximum absolute atomic E-state index is 13.7. The molecule has 0 heterocycles. The van der Waals surface area contributed by atoms with Gasteiger partial charge in [0.15, 0.2) is 0 Å². The lowest BCUT2D eigenvalue weighted by Gasteiger charge is -2.43. The first-order chi connectivity index (χ1) is 14.1. The molecule has 0 aromatic heterocycles. The summed E-state index contributed by atoms with van der Waals surface area (Å²) in [6.45, 7) is -1.25. The lowest BCUT2D eigenvalue weighted by atomic mass is 9.92. The van der Waals surface area contributed by atoms with Gasteiger partial charge in [0.05, 0.1) is 27.1 Å². The second kappa shape index (κ2) is 8.99. The van der Waals surface area contributed by atoms with Gasteiger partial charge in [-0.25, -0.2) is 4.79 Å². The van der Waals surface area contributed by atoms with Crippen LogP contribution in [-0.2, 0) is 4.79 Å². The molecule has 0 spiro atoms. The Labute approximate surface area is 178 Å². The van der Waals surface area contributed by atoms with E-state index in [0.717, 1.165) is 21.0 Å². The topological polar surface area (TPSA) is 63.2 Å². The minimum Gasteiger partial charge on any atom is -0.633 e. The Bertz CT molecular complexity index is 704. The molecule has 0 saturated heterocycles. The molecule has 0 aliphatic rings. The minimum atomic E-state index is -8.03. The molecule has 0 aliphatic carbocycles. The average molecular weight is 522 g/mol. The molecule has 0 aromatic carbocycles. The summed E-state index contributed by atoms with van der Waals surface area (Å²) >= 11 is 0. The van der Waals surface area contributed by atoms with E-state index in [9.17, 15) is 72.3 Å². The van der Waals surface area contributed by atoms with Crippen molar-refractivity contribution >= 4 is 5.91 Å². The standard InChI is InChI=1S/C15H19F13N2O3/c1-4-30(33,8-7-29(2,3)32)9(31)5-6-10(16,17)11(18,19)12(20,21)13(22,23)14(24,25)15(26,27)28/h4-8H2,1-3H3. The van der Waals surface area contributed by atoms with Gasteiger partial charge in [-0.1, -0.05) is 0 Å². The first kappa shape index (κ1) is 31.6. The quantitative estimate of drug-likeness (QED) is 0.220. The summed E-state index contributed by atoms with van der Waals surface area (Å²) < 4.78 is 166. The molecular formula is C15H19F13N2O3. The highest BCUT2D eigenvalue weighted by Crippen LogP contribution is 2.60. The van der Waals surface area contributed by atoms with Crippen molar-refractivity contribution < 1.29 is 71.2 Å². The smallest absolute Gasteiger partial charge is 0.460 e. The Balaban J connectivity index is 5.90. The molecule has 0 N–H and O–H groups in total. The summed E-state index contributed by atoms with van der Waals surface area (Å²) in [5.74, 6) is -39.7. The van der Waals surface area contributed by atoms with E-state index in [2.05, 4.69) is 0 Å². The predicted octanol–water partition coefficient (Wildman–Crippen LogP) is 4.94. The highest BCUT2D eigenvalue weighted by molar-refractivity contribution is 5.69. The third kappa shape index (κ3) is 5.82. The van der Waals surface area contributed by atoms with Gasteiger partial charge >= 0.3 is 41.7 Å². The van der Waals surface area contributed by atoms with Gasteiger partial charge in [-0.3, -0.25) is 4.65 Å². The van der Waals surface area contributed by atoms with Gasteiger partial charge in [0.2, 0.25) is 0 Å². The Hall–Kier alpha value is -1.40. The van der Waals surface area contributed by atoms with Gasteiger partial charge in [-0.05, 0) is 6.92 Å². The van der Waals surface area contributed by atoms with Crippen LogP contribution in [0.3, 0.4) is 0 Å². The molecule has 1 atom stereocenters. The van der Waals surface area contributed by atoms with E-state index in [1.165, 1.54) is 0 Å². The van der Waals surface area contributed by atoms with Crippen LogP contribution in [0.2, 0.25) is 0 Å². The van der Waals surface area contributed by atoms with Crippen molar-refractivity contribution in [2.45, 2.75) is 55.6 Å². The van der Waals surface area contributed by atoms with Crippen molar-refractivity contribution in [3.8, 4) is 0 Å². The van der Waals surface area contributed by atoms with Crippen molar-refractivity contribution in [3.05, 3.63) is 10.4 Å². The summed E-state index contributed by atoms with van der Waals surface area (Å²) in [4.78, 5) is 11.9. The average Bonchev–Trinajstić information content (AvgIpc) is 2.61. The molecule has 0 aromatic rings. The number of likely N-dealkylation sites (N-methyl/N-ethyl adjacent to an activating group) is 2. The van der Waals surface area contributed by atoms with Crippen LogP contribution in [0.1, 0.15) is 19.8 Å². The van der Waals surface area contributed by atoms with Gasteiger partial charge < -0.3 is 15.1 Å². The second-order valence-electron chi connectivity index (χ2n) is 7.62. The Morgan fingerprint density at radius 2 is 1.09 bits per heavy atom. The maximum atomic E-state index is 13.7. The lowest BCUT2D eigenvalue weighted by molar-refractivity contribution is -0.882. The summed E-state index contributed by atoms with van der Waals surface area (Å²) in [6.07, 6.45) is -12.3. The number of carbonyl (C=O) groups excluding carboxylic acids is 1. The normalized spacial score (nSPS) is 17.2. The molecular weight excluding hydrogens is 503 g/mol. The van der Waals surface area contributed by atoms with E-state index in [-0.39, 0.29) is 0 Å². The number of quaternary nitrogens is 2. The highest BCUT2D eigenvalue weighted by Gasteiger charge is 2.90. The van der Waals surface area contributed by atoms with Gasteiger partial charge in [-0.15, -0.1) is 0 Å². The van der Waals surface area contributed by atoms with E-state index in [4.69, 9.17) is 0 Å². The van der Waals surface area contributed by atoms with Crippen molar-refractivity contribution in [2.75, 3.05) is 33.7 Å². The predicted molar refractivity (Wildman–Crippen MR) is 84.4 cm³/mol. The summed E-state index contributed by atoms with van der Waals surface area (Å²) in [7, 11) is 2.00. The number of alkyl halides is 13. The van der Waals surface area contributed by atoms with Crippen molar-refractivity contribution in [3.63, 3.8) is 0 Å². The van der Waals surface area contributed by atoms with Gasteiger partial charge in [0, 0.05) is 6.42 Å². The molecule has 0 bridgehead atoms. The zero-order valence-electron chi connectivity index (χ0n) is 17.1. The van der Waals surface area contributed by atoms with Crippen LogP contribution in [0.15, 0.2) is 0 Å². The van der Waals surface area contributed by atoms with Crippen molar-refractivity contribution in [1.29, 1.82) is 0 Å². The number of nitrogens with zero attached hydrogens (tertiary/aromatic N) is 2. The van der Waals surface area contributed by atoms with E-state index < -0.39 is 83.5 Å². The highest BCUT2D eigenvalue weighted by atomic mass is 19.4. The van der Waals surface area contributed by atoms with Crippen LogP contribution < -0.4 is 0 Å². The zero-order valence-corrected chi connectivity index (χ0v) is 17.1. The fourth-order valence-electron chi connectivity index (χ4n) is 2.29. The molecule has 0 saturated carbocycles. The molecule has 0 aliphatic heterocycles. The number of hydrogen-bond acceptors (Lipinski definition) is 3. The Morgan fingerprint density at radius 3 is 1.42 bits per heavy atom. The third-order valence-corrected chi connectivity index (χ3v) is 4.62. The van der Waals surface area contributed by atoms with Crippen LogP contribution in [0, 0.1) is 10.4 Å². The molecule has 0 radical (unpaired) electrons. The van der Waals surface area contributed by atoms with Crippen LogP contribution in [0.4, 0.5) is 57.1 Å². The molecule has 1 unspecified atom stereocenters. The zero-order chi connectivity index (χ0) is 27.1. The molecule has 1 amide bonds. The molecule has 198 valence electrons. The van der Waals surface area contributed by atoms with Gasteiger partial charge in [0.1, 0.15) is 13.1 Å². The number of amides is 1. The number of rotatable bonds is 11. The Kier molecular flexibility index (Phi) is 8.61. The van der Waals surface area contributed by atoms with Crippen molar-refractivity contribution in [2.24, 2.45) is 0 Å². The number of carbonyl (C=O) groups is 1. The fraction of sp³-hybridized carbons (Fsp3) is 0.933. The summed E-state index contributed by atoms with van der Waals surface area (Å²) in [5, 5.41) is 23.8. The molecule has 0 fully saturated rings. The summed E-state index contributed by atoms with van der Waals surface area (Å²) in [6, 6.07) is 0. The SMILES string of the molecule is CC[N+]([O-])(CC[N+](C)(C)[O-])C(=O)CCC(F)(F)C(F)(F)C(F)(F)C(F)(F)C(F)(F)C(F)(F)F. The van der Waals surface area contributed by atoms with Gasteiger partial charge in [-0.2, -0.15) is 57.1 Å². The fourth-order valence-corrected chi connectivity index (χ4v) is 2.29. The van der Waals surface area contributed by atoms with Crippen LogP contribution in [0.25, 0.3) is 0 Å². The molecule has 33 heavy (non-hydrogen) atoms. The third-order valence-electron chi connectivity index (χ3n) is 4.62. The molecule has 0 rings (SSSR count). The van der Waals surface area contributed by atoms with Crippen molar-refractivity contribution in [1.82, 2.24) is 0 Å². The Morgan fingerprint density at radius 1 is 0.697 bits per heavy atom. The van der Waals surface area contributed by atoms with E-state index in [0.29, 0.717) is 0 Å². The van der Waals surface area contributed by atoms with E-state index >= 15 is 0 Å². The summed E-state index contributed by atoms with van der Waals surface area (Å²) in [5.41, 5.74) is 0. The monoisotopic (exact) mass is 522 g/mol. The number of hydroxylamine groups is 6. The van der Waals surface area contributed by atoms with Crippen LogP contribution in [0.5, 0.6) is 0 Å². The molecule has 18 heteroatoms. The molecule has 5 nitrogen and oxygen atoms in total. The van der Waals surface area contributed by atoms with E-state index in [1.807, 2.05) is 0 Å². The van der Waals surface area contributed by atoms with E-state index in [1.54, 1.807) is 0 Å². The minimum absolute atomic E-state index is 0.605. The largest absolute Gasteiger partial charge is 0.633 e.